The molecule has 2 heteroatoms. The third-order valence-corrected chi connectivity index (χ3v) is 1.86. The van der Waals surface area contributed by atoms with Crippen molar-refractivity contribution in [3.8, 4) is 0 Å². The summed E-state index contributed by atoms with van der Waals surface area (Å²) in [5.74, 6) is 0.225. The number of hydrogen-bond donors (Lipinski definition) is 1. The molecule has 1 unspecified atom stereocenters. The first-order valence-corrected chi connectivity index (χ1v) is 4.49. The molecule has 0 fully saturated rings. The van der Waals surface area contributed by atoms with Crippen LogP contribution in [0.5, 0.6) is 0 Å². The molecule has 12 heavy (non-hydrogen) atoms. The summed E-state index contributed by atoms with van der Waals surface area (Å²) in [6.07, 6.45) is 4.54. The number of carbonyl (C=O) groups is 1. The van der Waals surface area contributed by atoms with Gasteiger partial charge in [0, 0.05) is 5.92 Å². The second-order valence-electron chi connectivity index (χ2n) is 3.38. The maximum Gasteiger partial charge on any atom is 0.152 e. The lowest BCUT2D eigenvalue weighted by molar-refractivity contribution is -0.123. The first kappa shape index (κ1) is 11.4. The van der Waals surface area contributed by atoms with E-state index in [-0.39, 0.29) is 17.7 Å². The average molecular weight is 169 g/mol. The van der Waals surface area contributed by atoms with E-state index in [9.17, 15) is 4.79 Å². The molecule has 70 valence electrons. The fraction of sp³-hybridized carbons (Fsp3) is 0.700. The Labute approximate surface area is 74.8 Å². The predicted octanol–water partition coefficient (Wildman–Crippen LogP) is 1.90. The average Bonchev–Trinajstić information content (AvgIpc) is 2.03. The Morgan fingerprint density at radius 3 is 2.58 bits per heavy atom. The fourth-order valence-electron chi connectivity index (χ4n) is 1.05. The van der Waals surface area contributed by atoms with E-state index in [1.165, 1.54) is 0 Å². The first-order chi connectivity index (χ1) is 5.59. The van der Waals surface area contributed by atoms with Crippen LogP contribution in [-0.2, 0) is 4.79 Å². The summed E-state index contributed by atoms with van der Waals surface area (Å²) in [5.41, 5.74) is 5.68. The lowest BCUT2D eigenvalue weighted by atomic mass is 9.98. The summed E-state index contributed by atoms with van der Waals surface area (Å²) in [5, 5.41) is 0. The topological polar surface area (TPSA) is 43.1 Å². The van der Waals surface area contributed by atoms with Crippen molar-refractivity contribution in [2.24, 2.45) is 11.7 Å². The van der Waals surface area contributed by atoms with Crippen molar-refractivity contribution >= 4 is 5.78 Å². The lowest BCUT2D eigenvalue weighted by Crippen LogP contribution is -2.33. The van der Waals surface area contributed by atoms with Crippen LogP contribution in [0.3, 0.4) is 0 Å². The Bertz CT molecular complexity index is 152. The van der Waals surface area contributed by atoms with Crippen molar-refractivity contribution in [3.63, 3.8) is 0 Å². The minimum atomic E-state index is -0.273. The molecule has 2 nitrogen and oxygen atoms in total. The maximum atomic E-state index is 11.3. The number of unbranched alkanes of at least 4 members (excludes halogenated alkanes) is 1. The number of nitrogens with two attached hydrogens (primary N) is 1. The molecule has 0 saturated heterocycles. The number of rotatable bonds is 6. The summed E-state index contributed by atoms with van der Waals surface area (Å²) >= 11 is 0. The van der Waals surface area contributed by atoms with Crippen LogP contribution in [0.2, 0.25) is 0 Å². The number of allylic oxidation sites excluding steroid dienone is 1. The van der Waals surface area contributed by atoms with E-state index in [0.29, 0.717) is 0 Å². The van der Waals surface area contributed by atoms with E-state index in [1.54, 1.807) is 0 Å². The van der Waals surface area contributed by atoms with Gasteiger partial charge in [-0.05, 0) is 19.3 Å². The van der Waals surface area contributed by atoms with Gasteiger partial charge in [-0.1, -0.05) is 19.9 Å². The van der Waals surface area contributed by atoms with E-state index in [4.69, 9.17) is 5.73 Å². The minimum absolute atomic E-state index is 0.0590. The van der Waals surface area contributed by atoms with Gasteiger partial charge in [-0.2, -0.15) is 0 Å². The van der Waals surface area contributed by atoms with Crippen LogP contribution in [0.4, 0.5) is 0 Å². The van der Waals surface area contributed by atoms with Crippen LogP contribution < -0.4 is 5.73 Å². The molecular weight excluding hydrogens is 150 g/mol. The first-order valence-electron chi connectivity index (χ1n) is 4.49. The normalized spacial score (nSPS) is 13.0. The van der Waals surface area contributed by atoms with Crippen LogP contribution in [0.1, 0.15) is 33.1 Å². The quantitative estimate of drug-likeness (QED) is 0.487. The van der Waals surface area contributed by atoms with E-state index < -0.39 is 0 Å². The predicted molar refractivity (Wildman–Crippen MR) is 51.9 cm³/mol. The molecular formula is C10H19NO. The molecule has 0 aromatic carbocycles. The number of ketones is 1. The van der Waals surface area contributed by atoms with E-state index >= 15 is 0 Å². The van der Waals surface area contributed by atoms with Crippen molar-refractivity contribution in [1.82, 2.24) is 0 Å². The Morgan fingerprint density at radius 2 is 2.17 bits per heavy atom. The Morgan fingerprint density at radius 1 is 1.58 bits per heavy atom. The van der Waals surface area contributed by atoms with Crippen LogP contribution in [-0.4, -0.2) is 11.8 Å². The van der Waals surface area contributed by atoms with Gasteiger partial charge < -0.3 is 5.73 Å². The Kier molecular flexibility index (Phi) is 5.64. The van der Waals surface area contributed by atoms with E-state index in [2.05, 4.69) is 6.58 Å². The molecule has 0 spiro atoms. The molecule has 2 N–H and O–H groups in total. The zero-order chi connectivity index (χ0) is 9.56. The minimum Gasteiger partial charge on any atom is -0.321 e. The number of Topliss-reactive ketones (excluding diaryl/α,β-unsaturated/α-hetero) is 1. The van der Waals surface area contributed by atoms with E-state index in [1.807, 2.05) is 19.9 Å². The molecule has 0 bridgehead atoms. The monoisotopic (exact) mass is 169 g/mol. The molecule has 0 rings (SSSR count). The highest BCUT2D eigenvalue weighted by Crippen LogP contribution is 2.05. The maximum absolute atomic E-state index is 11.3. The van der Waals surface area contributed by atoms with Gasteiger partial charge in [0.25, 0.3) is 0 Å². The molecule has 1 atom stereocenters. The fourth-order valence-corrected chi connectivity index (χ4v) is 1.05. The molecule has 0 heterocycles. The van der Waals surface area contributed by atoms with Gasteiger partial charge in [0.15, 0.2) is 5.78 Å². The Hall–Kier alpha value is -0.630. The molecule has 0 aromatic heterocycles. The second-order valence-corrected chi connectivity index (χ2v) is 3.38. The molecule has 0 saturated carbocycles. The highest BCUT2D eigenvalue weighted by Gasteiger charge is 2.15. The summed E-state index contributed by atoms with van der Waals surface area (Å²) < 4.78 is 0. The van der Waals surface area contributed by atoms with Gasteiger partial charge in [-0.15, -0.1) is 6.58 Å². The van der Waals surface area contributed by atoms with Gasteiger partial charge in [-0.25, -0.2) is 0 Å². The van der Waals surface area contributed by atoms with Gasteiger partial charge in [0.2, 0.25) is 0 Å². The van der Waals surface area contributed by atoms with Crippen molar-refractivity contribution in [3.05, 3.63) is 12.7 Å². The molecule has 0 aliphatic rings. The van der Waals surface area contributed by atoms with Gasteiger partial charge >= 0.3 is 0 Å². The summed E-state index contributed by atoms with van der Waals surface area (Å²) in [7, 11) is 0. The summed E-state index contributed by atoms with van der Waals surface area (Å²) in [6, 6.07) is -0.273. The largest absolute Gasteiger partial charge is 0.321 e. The van der Waals surface area contributed by atoms with Crippen molar-refractivity contribution in [2.75, 3.05) is 0 Å². The molecule has 0 radical (unpaired) electrons. The van der Waals surface area contributed by atoms with Gasteiger partial charge in [0.05, 0.1) is 6.04 Å². The molecule has 0 aliphatic heterocycles. The SMILES string of the molecule is C=CCCCC(N)C(=O)C(C)C. The zero-order valence-corrected chi connectivity index (χ0v) is 8.05. The third-order valence-electron chi connectivity index (χ3n) is 1.86. The van der Waals surface area contributed by atoms with Crippen LogP contribution in [0.25, 0.3) is 0 Å². The zero-order valence-electron chi connectivity index (χ0n) is 8.05. The smallest absolute Gasteiger partial charge is 0.152 e. The van der Waals surface area contributed by atoms with Crippen molar-refractivity contribution in [1.29, 1.82) is 0 Å². The summed E-state index contributed by atoms with van der Waals surface area (Å²) in [4.78, 5) is 11.3. The van der Waals surface area contributed by atoms with Gasteiger partial charge in [-0.3, -0.25) is 4.79 Å². The van der Waals surface area contributed by atoms with Crippen molar-refractivity contribution < 1.29 is 4.79 Å². The van der Waals surface area contributed by atoms with Crippen LogP contribution >= 0.6 is 0 Å². The van der Waals surface area contributed by atoms with Gasteiger partial charge in [0.1, 0.15) is 0 Å². The summed E-state index contributed by atoms with van der Waals surface area (Å²) in [6.45, 7) is 7.38. The molecule has 0 aliphatic carbocycles. The standard InChI is InChI=1S/C10H19NO/c1-4-5-6-7-9(11)10(12)8(2)3/h4,8-9H,1,5-7,11H2,2-3H3. The molecule has 0 amide bonds. The molecule has 0 aromatic rings. The van der Waals surface area contributed by atoms with Crippen molar-refractivity contribution in [2.45, 2.75) is 39.2 Å². The number of hydrogen-bond acceptors (Lipinski definition) is 2. The Balaban J connectivity index is 3.64. The highest BCUT2D eigenvalue weighted by molar-refractivity contribution is 5.85. The van der Waals surface area contributed by atoms with E-state index in [0.717, 1.165) is 19.3 Å². The third kappa shape index (κ3) is 4.29. The second kappa shape index (κ2) is 5.95. The van der Waals surface area contributed by atoms with Crippen LogP contribution in [0, 0.1) is 5.92 Å². The van der Waals surface area contributed by atoms with Crippen LogP contribution in [0.15, 0.2) is 12.7 Å². The highest BCUT2D eigenvalue weighted by atomic mass is 16.1. The number of carbonyl (C=O) groups excluding carboxylic acids is 1. The lowest BCUT2D eigenvalue weighted by Gasteiger charge is -2.11.